The molecule has 1 aliphatic heterocycles. The Morgan fingerprint density at radius 2 is 2.00 bits per heavy atom. The van der Waals surface area contributed by atoms with Crippen molar-refractivity contribution in [3.8, 4) is 0 Å². The van der Waals surface area contributed by atoms with Gasteiger partial charge in [0.2, 0.25) is 11.8 Å². The van der Waals surface area contributed by atoms with E-state index in [1.807, 2.05) is 32.0 Å². The molecule has 1 aromatic carbocycles. The Kier molecular flexibility index (Phi) is 8.12. The second-order valence-electron chi connectivity index (χ2n) is 10.5. The number of benzene rings is 1. The maximum atomic E-state index is 13.2. The van der Waals surface area contributed by atoms with Crippen LogP contribution in [0.4, 0.5) is 11.6 Å². The van der Waals surface area contributed by atoms with E-state index in [9.17, 15) is 14.7 Å². The first kappa shape index (κ1) is 29.6. The first-order valence-electron chi connectivity index (χ1n) is 12.5. The molecule has 1 amide bonds. The molecular formula is C28H35ClN6O4. The van der Waals surface area contributed by atoms with Crippen LogP contribution in [0.25, 0.3) is 5.57 Å². The van der Waals surface area contributed by atoms with E-state index >= 15 is 0 Å². The van der Waals surface area contributed by atoms with E-state index in [-0.39, 0.29) is 29.0 Å². The molecule has 0 bridgehead atoms. The van der Waals surface area contributed by atoms with Crippen molar-refractivity contribution >= 4 is 46.6 Å². The molecule has 11 heteroatoms. The highest BCUT2D eigenvalue weighted by molar-refractivity contribution is 6.30. The Morgan fingerprint density at radius 3 is 2.56 bits per heavy atom. The zero-order valence-corrected chi connectivity index (χ0v) is 24.0. The van der Waals surface area contributed by atoms with Gasteiger partial charge in [0.05, 0.1) is 5.56 Å². The molecule has 2 aromatic rings. The van der Waals surface area contributed by atoms with Crippen molar-refractivity contribution in [1.29, 1.82) is 5.41 Å². The summed E-state index contributed by atoms with van der Waals surface area (Å²) in [6, 6.07) is 5.67. The van der Waals surface area contributed by atoms with Gasteiger partial charge in [0, 0.05) is 10.6 Å². The average Bonchev–Trinajstić information content (AvgIpc) is 3.10. The number of carboxylic acids is 1. The largest absolute Gasteiger partial charge is 0.480 e. The number of nitrogen functional groups attached to an aromatic ring is 1. The fourth-order valence-corrected chi connectivity index (χ4v) is 4.53. The fraction of sp³-hybridized carbons (Fsp3) is 0.393. The molecule has 0 saturated carbocycles. The third kappa shape index (κ3) is 5.47. The molecule has 0 fully saturated rings. The molecule has 10 nitrogen and oxygen atoms in total. The summed E-state index contributed by atoms with van der Waals surface area (Å²) in [5.74, 6) is -1.77. The molecule has 1 atom stereocenters. The summed E-state index contributed by atoms with van der Waals surface area (Å²) in [5, 5.41) is 23.9. The average molecular weight is 555 g/mol. The zero-order valence-electron chi connectivity index (χ0n) is 23.2. The van der Waals surface area contributed by atoms with E-state index in [2.05, 4.69) is 36.0 Å². The molecule has 1 unspecified atom stereocenters. The number of nitrogens with one attached hydrogen (secondary N) is 3. The maximum Gasteiger partial charge on any atom is 0.328 e. The predicted octanol–water partition coefficient (Wildman–Crippen LogP) is 5.20. The molecule has 39 heavy (non-hydrogen) atoms. The van der Waals surface area contributed by atoms with E-state index in [0.717, 1.165) is 28.7 Å². The summed E-state index contributed by atoms with van der Waals surface area (Å²) < 4.78 is 5.48. The summed E-state index contributed by atoms with van der Waals surface area (Å²) in [5.41, 5.74) is 7.29. The predicted molar refractivity (Wildman–Crippen MR) is 153 cm³/mol. The number of nitrogens with zero attached hydrogens (tertiary/aromatic N) is 2. The third-order valence-electron chi connectivity index (χ3n) is 6.87. The van der Waals surface area contributed by atoms with Gasteiger partial charge in [-0.2, -0.15) is 0 Å². The minimum atomic E-state index is -1.68. The van der Waals surface area contributed by atoms with Gasteiger partial charge in [-0.1, -0.05) is 44.0 Å². The molecular weight excluding hydrogens is 520 g/mol. The van der Waals surface area contributed by atoms with Crippen LogP contribution in [0, 0.1) is 5.41 Å². The van der Waals surface area contributed by atoms with Gasteiger partial charge in [0.1, 0.15) is 17.2 Å². The zero-order chi connectivity index (χ0) is 29.4. The molecule has 0 aliphatic carbocycles. The number of carboxylic acid groups (broad SMARTS) is 1. The van der Waals surface area contributed by atoms with E-state index in [0.29, 0.717) is 10.8 Å². The van der Waals surface area contributed by atoms with Gasteiger partial charge in [0.25, 0.3) is 0 Å². The lowest BCUT2D eigenvalue weighted by atomic mass is 9.84. The van der Waals surface area contributed by atoms with Gasteiger partial charge >= 0.3 is 5.97 Å². The van der Waals surface area contributed by atoms with Crippen molar-refractivity contribution in [2.75, 3.05) is 11.1 Å². The number of halogens is 1. The summed E-state index contributed by atoms with van der Waals surface area (Å²) in [6.45, 7) is 16.1. The summed E-state index contributed by atoms with van der Waals surface area (Å²) in [6.07, 6.45) is 0.722. The van der Waals surface area contributed by atoms with Crippen LogP contribution in [0.1, 0.15) is 83.3 Å². The Labute approximate surface area is 233 Å². The van der Waals surface area contributed by atoms with Crippen LogP contribution in [0.2, 0.25) is 5.02 Å². The number of allylic oxidation sites excluding steroid dienone is 1. The van der Waals surface area contributed by atoms with Gasteiger partial charge in [0.15, 0.2) is 17.1 Å². The normalized spacial score (nSPS) is 17.3. The van der Waals surface area contributed by atoms with Gasteiger partial charge < -0.3 is 26.2 Å². The number of ether oxygens (including phenoxy) is 1. The second-order valence-corrected chi connectivity index (χ2v) is 11.0. The van der Waals surface area contributed by atoms with Crippen molar-refractivity contribution < 1.29 is 19.4 Å². The molecule has 0 saturated heterocycles. The molecule has 2 heterocycles. The number of carbonyl (C=O) groups excluding carboxylic acids is 1. The van der Waals surface area contributed by atoms with Crippen LogP contribution in [0.5, 0.6) is 0 Å². The smallest absolute Gasteiger partial charge is 0.328 e. The van der Waals surface area contributed by atoms with E-state index in [1.54, 1.807) is 0 Å². The highest BCUT2D eigenvalue weighted by atomic mass is 35.5. The second kappa shape index (κ2) is 10.7. The van der Waals surface area contributed by atoms with Gasteiger partial charge in [-0.3, -0.25) is 10.2 Å². The van der Waals surface area contributed by atoms with Crippen LogP contribution >= 0.6 is 11.6 Å². The van der Waals surface area contributed by atoms with Gasteiger partial charge in [-0.15, -0.1) is 0 Å². The summed E-state index contributed by atoms with van der Waals surface area (Å²) >= 11 is 6.30. The highest BCUT2D eigenvalue weighted by Gasteiger charge is 2.51. The van der Waals surface area contributed by atoms with Crippen molar-refractivity contribution in [3.63, 3.8) is 0 Å². The van der Waals surface area contributed by atoms with E-state index in [1.165, 1.54) is 20.8 Å². The Balaban J connectivity index is 2.09. The molecule has 208 valence electrons. The number of anilines is 2. The highest BCUT2D eigenvalue weighted by Crippen LogP contribution is 2.43. The fourth-order valence-electron chi connectivity index (χ4n) is 4.35. The molecule has 6 N–H and O–H groups in total. The minimum Gasteiger partial charge on any atom is -0.480 e. The standard InChI is InChI=1S/C28H35ClN6O4/c1-9-14(4)19(17-11-10-16(29)12-18(17)13(2)3)22-32-21(30)20-23(33-22)34-25(36)28(20,8)24(31)39-15(5)35-27(6,7)26(37)38/h10-13,31,35H,5,9H2,1-4,6-8H3,(H,37,38)(H3,30,32,33,34,36). The monoisotopic (exact) mass is 554 g/mol. The van der Waals surface area contributed by atoms with Crippen LogP contribution < -0.4 is 16.4 Å². The molecule has 0 spiro atoms. The van der Waals surface area contributed by atoms with Crippen molar-refractivity contribution in [1.82, 2.24) is 15.3 Å². The number of amides is 1. The van der Waals surface area contributed by atoms with Crippen molar-refractivity contribution in [2.24, 2.45) is 0 Å². The van der Waals surface area contributed by atoms with Gasteiger partial charge in [-0.05, 0) is 69.9 Å². The molecule has 1 aromatic heterocycles. The van der Waals surface area contributed by atoms with Crippen LogP contribution in [0.3, 0.4) is 0 Å². The molecule has 3 rings (SSSR count). The lowest BCUT2D eigenvalue weighted by Gasteiger charge is -2.27. The summed E-state index contributed by atoms with van der Waals surface area (Å²) in [7, 11) is 0. The maximum absolute atomic E-state index is 13.2. The van der Waals surface area contributed by atoms with E-state index < -0.39 is 28.7 Å². The SMILES string of the molecule is C=C(NC(C)(C)C(=O)O)OC(=N)C1(C)C(=O)Nc2nc(C(=C(C)CC)c3ccc(Cl)cc3C(C)C)nc(N)c21. The number of hydrogen-bond donors (Lipinski definition) is 5. The number of aliphatic carboxylic acids is 1. The third-order valence-corrected chi connectivity index (χ3v) is 7.11. The van der Waals surface area contributed by atoms with E-state index in [4.69, 9.17) is 32.5 Å². The van der Waals surface area contributed by atoms with Crippen molar-refractivity contribution in [3.05, 3.63) is 63.8 Å². The lowest BCUT2D eigenvalue weighted by molar-refractivity contribution is -0.143. The Morgan fingerprint density at radius 1 is 1.36 bits per heavy atom. The summed E-state index contributed by atoms with van der Waals surface area (Å²) in [4.78, 5) is 33.9. The molecule has 1 aliphatic rings. The number of hydrogen-bond acceptors (Lipinski definition) is 8. The van der Waals surface area contributed by atoms with Crippen LogP contribution in [-0.4, -0.2) is 38.4 Å². The van der Waals surface area contributed by atoms with Crippen molar-refractivity contribution in [2.45, 2.75) is 71.8 Å². The number of fused-ring (bicyclic) bond motifs is 1. The molecule has 0 radical (unpaired) electrons. The van der Waals surface area contributed by atoms with Gasteiger partial charge in [-0.25, -0.2) is 14.8 Å². The van der Waals surface area contributed by atoms with Crippen LogP contribution in [-0.2, 0) is 19.7 Å². The topological polar surface area (TPSA) is 163 Å². The lowest BCUT2D eigenvalue weighted by Crippen LogP contribution is -2.48. The number of aromatic nitrogens is 2. The number of rotatable bonds is 9. The quantitative estimate of drug-likeness (QED) is 0.160. The minimum absolute atomic E-state index is 0.00935. The number of nitrogens with two attached hydrogens (primary N) is 1. The number of carbonyl (C=O) groups is 2. The Hall–Kier alpha value is -3.92. The Bertz CT molecular complexity index is 1420. The van der Waals surface area contributed by atoms with Crippen LogP contribution in [0.15, 0.2) is 36.2 Å². The first-order valence-corrected chi connectivity index (χ1v) is 12.9. The first-order chi connectivity index (χ1) is 18.0.